The van der Waals surface area contributed by atoms with E-state index in [-0.39, 0.29) is 18.2 Å². The molecule has 3 rings (SSSR count). The molecule has 3 heterocycles. The van der Waals surface area contributed by atoms with Crippen molar-refractivity contribution in [3.8, 4) is 0 Å². The third kappa shape index (κ3) is 3.94. The first-order chi connectivity index (χ1) is 11.8. The molecule has 0 unspecified atom stereocenters. The molecule has 0 N–H and O–H groups in total. The maximum atomic E-state index is 12.4. The van der Waals surface area contributed by atoms with Crippen LogP contribution in [-0.2, 0) is 11.2 Å². The number of piperazine rings is 1. The number of pyridine rings is 1. The monoisotopic (exact) mass is 361 g/mol. The van der Waals surface area contributed by atoms with Gasteiger partial charge in [0, 0.05) is 24.9 Å². The Hall–Kier alpha value is -1.69. The molecule has 1 aromatic heterocycles. The van der Waals surface area contributed by atoms with Gasteiger partial charge in [0.05, 0.1) is 11.1 Å². The summed E-state index contributed by atoms with van der Waals surface area (Å²) in [5.74, 6) is 1.94. The molecule has 136 valence electrons. The number of hydrogen-bond donors (Lipinski definition) is 0. The third-order valence-electron chi connectivity index (χ3n) is 4.42. The Kier molecular flexibility index (Phi) is 5.00. The van der Waals surface area contributed by atoms with Gasteiger partial charge in [-0.3, -0.25) is 0 Å². The predicted molar refractivity (Wildman–Crippen MR) is 102 cm³/mol. The van der Waals surface area contributed by atoms with Crippen LogP contribution >= 0.6 is 11.8 Å². The summed E-state index contributed by atoms with van der Waals surface area (Å²) in [6.07, 6.45) is 2.60. The number of carbonyl (C=O) groups excluding carboxylic acids is 1. The van der Waals surface area contributed by atoms with E-state index in [9.17, 15) is 4.79 Å². The second-order valence-electron chi connectivity index (χ2n) is 7.73. The first-order valence-corrected chi connectivity index (χ1v) is 9.77. The summed E-state index contributed by atoms with van der Waals surface area (Å²) in [5, 5.41) is 1.03. The Bertz CT molecular complexity index is 671. The van der Waals surface area contributed by atoms with Crippen molar-refractivity contribution >= 4 is 23.7 Å². The number of hydrogen-bond acceptors (Lipinski definition) is 5. The molecular formula is C19H27N3O2S. The number of fused-ring (bicyclic) bond motifs is 3. The lowest BCUT2D eigenvalue weighted by Gasteiger charge is -2.43. The van der Waals surface area contributed by atoms with Crippen LogP contribution in [0.2, 0.25) is 0 Å². The van der Waals surface area contributed by atoms with Gasteiger partial charge in [-0.15, -0.1) is 18.3 Å². The molecule has 0 bridgehead atoms. The highest BCUT2D eigenvalue weighted by atomic mass is 32.2. The zero-order valence-electron chi connectivity index (χ0n) is 15.5. The van der Waals surface area contributed by atoms with Crippen molar-refractivity contribution in [2.24, 2.45) is 0 Å². The molecule has 1 aromatic rings. The number of aromatic nitrogens is 1. The van der Waals surface area contributed by atoms with Crippen molar-refractivity contribution in [3.05, 3.63) is 30.4 Å². The fraction of sp³-hybridized carbons (Fsp3) is 0.579. The zero-order valence-corrected chi connectivity index (χ0v) is 16.3. The maximum Gasteiger partial charge on any atom is 0.410 e. The predicted octanol–water partition coefficient (Wildman–Crippen LogP) is 3.73. The zero-order chi connectivity index (χ0) is 18.2. The fourth-order valence-electron chi connectivity index (χ4n) is 3.53. The molecule has 1 saturated heterocycles. The molecule has 2 aliphatic heterocycles. The van der Waals surface area contributed by atoms with Crippen molar-refractivity contribution in [2.75, 3.05) is 23.7 Å². The lowest BCUT2D eigenvalue weighted by molar-refractivity contribution is 0.0191. The molecule has 5 nitrogen and oxygen atoms in total. The van der Waals surface area contributed by atoms with Crippen molar-refractivity contribution in [1.29, 1.82) is 0 Å². The lowest BCUT2D eigenvalue weighted by atomic mass is 10.1. The SMILES string of the molecule is C=CCSc1ccc2c(n1)N1[C@H](C2)CN(C(=O)OC(C)(C)C)C[C@H]1C. The van der Waals surface area contributed by atoms with E-state index in [1.807, 2.05) is 31.7 Å². The number of nitrogens with zero attached hydrogens (tertiary/aromatic N) is 3. The Balaban J connectivity index is 1.75. The van der Waals surface area contributed by atoms with Gasteiger partial charge in [0.15, 0.2) is 0 Å². The van der Waals surface area contributed by atoms with Crippen LogP contribution in [0.15, 0.2) is 29.8 Å². The smallest absolute Gasteiger partial charge is 0.410 e. The number of amides is 1. The highest BCUT2D eigenvalue weighted by Crippen LogP contribution is 2.36. The van der Waals surface area contributed by atoms with Crippen LogP contribution in [0.25, 0.3) is 0 Å². The minimum Gasteiger partial charge on any atom is -0.444 e. The van der Waals surface area contributed by atoms with E-state index in [1.165, 1.54) is 5.56 Å². The van der Waals surface area contributed by atoms with E-state index in [2.05, 4.69) is 30.5 Å². The number of carbonyl (C=O) groups is 1. The highest BCUT2D eigenvalue weighted by molar-refractivity contribution is 7.99. The summed E-state index contributed by atoms with van der Waals surface area (Å²) in [4.78, 5) is 21.5. The van der Waals surface area contributed by atoms with Crippen molar-refractivity contribution in [1.82, 2.24) is 9.88 Å². The van der Waals surface area contributed by atoms with E-state index in [4.69, 9.17) is 9.72 Å². The molecule has 0 aliphatic carbocycles. The standard InChI is InChI=1S/C19H27N3O2S/c1-6-9-25-16-8-7-14-10-15-12-21(18(23)24-19(3,4)5)11-13(2)22(15)17(14)20-16/h6-8,13,15H,1,9-12H2,2-5H3/t13-,15-/m1/s1. The summed E-state index contributed by atoms with van der Waals surface area (Å²) in [6, 6.07) is 4.76. The number of ether oxygens (including phenoxy) is 1. The minimum atomic E-state index is -0.463. The molecule has 0 aromatic carbocycles. The van der Waals surface area contributed by atoms with Gasteiger partial charge in [0.1, 0.15) is 11.4 Å². The number of rotatable bonds is 3. The average Bonchev–Trinajstić information content (AvgIpc) is 2.89. The van der Waals surface area contributed by atoms with Crippen LogP contribution in [0, 0.1) is 0 Å². The van der Waals surface area contributed by atoms with Crippen LogP contribution < -0.4 is 4.90 Å². The molecular weight excluding hydrogens is 334 g/mol. The van der Waals surface area contributed by atoms with Crippen molar-refractivity contribution in [3.63, 3.8) is 0 Å². The molecule has 0 saturated carbocycles. The van der Waals surface area contributed by atoms with E-state index >= 15 is 0 Å². The highest BCUT2D eigenvalue weighted by Gasteiger charge is 2.41. The van der Waals surface area contributed by atoms with Gasteiger partial charge in [0.2, 0.25) is 0 Å². The van der Waals surface area contributed by atoms with Gasteiger partial charge in [-0.2, -0.15) is 0 Å². The van der Waals surface area contributed by atoms with Crippen molar-refractivity contribution < 1.29 is 9.53 Å². The number of thioether (sulfide) groups is 1. The van der Waals surface area contributed by atoms with Crippen LogP contribution in [0.3, 0.4) is 0 Å². The van der Waals surface area contributed by atoms with E-state index in [0.29, 0.717) is 13.1 Å². The Morgan fingerprint density at radius 3 is 2.88 bits per heavy atom. The minimum absolute atomic E-state index is 0.217. The van der Waals surface area contributed by atoms with Crippen LogP contribution in [0.5, 0.6) is 0 Å². The molecule has 2 aliphatic rings. The van der Waals surface area contributed by atoms with Gasteiger partial charge >= 0.3 is 6.09 Å². The topological polar surface area (TPSA) is 45.7 Å². The molecule has 1 fully saturated rings. The average molecular weight is 362 g/mol. The summed E-state index contributed by atoms with van der Waals surface area (Å²) >= 11 is 1.70. The molecule has 0 spiro atoms. The quantitative estimate of drug-likeness (QED) is 0.606. The van der Waals surface area contributed by atoms with Gasteiger partial charge < -0.3 is 14.5 Å². The van der Waals surface area contributed by atoms with E-state index in [1.54, 1.807) is 11.8 Å². The maximum absolute atomic E-state index is 12.4. The van der Waals surface area contributed by atoms with E-state index in [0.717, 1.165) is 23.0 Å². The lowest BCUT2D eigenvalue weighted by Crippen LogP contribution is -2.58. The summed E-state index contributed by atoms with van der Waals surface area (Å²) in [5.41, 5.74) is 0.806. The van der Waals surface area contributed by atoms with E-state index < -0.39 is 5.60 Å². The summed E-state index contributed by atoms with van der Waals surface area (Å²) in [7, 11) is 0. The summed E-state index contributed by atoms with van der Waals surface area (Å²) in [6.45, 7) is 13.0. The molecule has 0 radical (unpaired) electrons. The van der Waals surface area contributed by atoms with Crippen LogP contribution in [0.1, 0.15) is 33.3 Å². The Labute approximate surface area is 154 Å². The third-order valence-corrected chi connectivity index (χ3v) is 5.34. The molecule has 25 heavy (non-hydrogen) atoms. The fourth-order valence-corrected chi connectivity index (χ4v) is 4.13. The van der Waals surface area contributed by atoms with Gasteiger partial charge in [-0.1, -0.05) is 12.1 Å². The van der Waals surface area contributed by atoms with Crippen LogP contribution in [0.4, 0.5) is 10.6 Å². The van der Waals surface area contributed by atoms with Crippen molar-refractivity contribution in [2.45, 2.75) is 56.8 Å². The normalized spacial score (nSPS) is 22.4. The van der Waals surface area contributed by atoms with Gasteiger partial charge in [0.25, 0.3) is 0 Å². The van der Waals surface area contributed by atoms with Crippen LogP contribution in [-0.4, -0.2) is 52.5 Å². The summed E-state index contributed by atoms with van der Waals surface area (Å²) < 4.78 is 5.55. The molecule has 1 amide bonds. The Morgan fingerprint density at radius 1 is 1.44 bits per heavy atom. The largest absolute Gasteiger partial charge is 0.444 e. The first kappa shape index (κ1) is 18.1. The number of anilines is 1. The van der Waals surface area contributed by atoms with Gasteiger partial charge in [-0.05, 0) is 45.7 Å². The second-order valence-corrected chi connectivity index (χ2v) is 8.77. The molecule has 6 heteroatoms. The first-order valence-electron chi connectivity index (χ1n) is 8.78. The molecule has 2 atom stereocenters. The second kappa shape index (κ2) is 6.90. The Morgan fingerprint density at radius 2 is 2.20 bits per heavy atom. The van der Waals surface area contributed by atoms with Gasteiger partial charge in [-0.25, -0.2) is 9.78 Å².